The topological polar surface area (TPSA) is 21.3 Å². The molecule has 0 bridgehead atoms. The Kier molecular flexibility index (Phi) is 2.76. The summed E-state index contributed by atoms with van der Waals surface area (Å²) in [5.74, 6) is 0.282. The molecule has 15 heavy (non-hydrogen) atoms. The molecule has 1 aliphatic rings. The monoisotopic (exact) mass is 209 g/mol. The normalized spacial score (nSPS) is 31.5. The number of benzene rings is 1. The zero-order valence-electron chi connectivity index (χ0n) is 9.09. The fourth-order valence-electron chi connectivity index (χ4n) is 1.76. The van der Waals surface area contributed by atoms with Gasteiger partial charge >= 0.3 is 0 Å². The maximum absolute atomic E-state index is 13.1. The van der Waals surface area contributed by atoms with Gasteiger partial charge in [-0.05, 0) is 25.0 Å². The zero-order chi connectivity index (χ0) is 10.9. The van der Waals surface area contributed by atoms with E-state index in [0.29, 0.717) is 12.5 Å². The van der Waals surface area contributed by atoms with Gasteiger partial charge in [-0.1, -0.05) is 19.1 Å². The van der Waals surface area contributed by atoms with E-state index in [-0.39, 0.29) is 5.82 Å². The predicted octanol–water partition coefficient (Wildman–Crippen LogP) is 2.25. The summed E-state index contributed by atoms with van der Waals surface area (Å²) < 4.78 is 18.8. The first-order valence-electron chi connectivity index (χ1n) is 5.25. The first kappa shape index (κ1) is 10.6. The Hall–Kier alpha value is -0.930. The largest absolute Gasteiger partial charge is 0.356 e. The van der Waals surface area contributed by atoms with Gasteiger partial charge in [-0.2, -0.15) is 0 Å². The van der Waals surface area contributed by atoms with Crippen LogP contribution < -0.4 is 5.32 Å². The highest BCUT2D eigenvalue weighted by Crippen LogP contribution is 2.26. The Bertz CT molecular complexity index is 345. The van der Waals surface area contributed by atoms with E-state index in [1.54, 1.807) is 6.07 Å². The van der Waals surface area contributed by atoms with Crippen LogP contribution in [0.25, 0.3) is 0 Å². The van der Waals surface area contributed by atoms with E-state index >= 15 is 0 Å². The molecule has 1 fully saturated rings. The molecule has 1 saturated heterocycles. The summed E-state index contributed by atoms with van der Waals surface area (Å²) in [6.07, 6.45) is 0. The third-order valence-electron chi connectivity index (χ3n) is 2.82. The second-order valence-corrected chi connectivity index (χ2v) is 4.34. The molecule has 0 amide bonds. The molecule has 2 unspecified atom stereocenters. The van der Waals surface area contributed by atoms with Crippen LogP contribution in [0.15, 0.2) is 24.3 Å². The van der Waals surface area contributed by atoms with E-state index in [1.807, 2.05) is 13.0 Å². The number of nitrogens with one attached hydrogen (secondary N) is 1. The molecule has 1 N–H and O–H groups in total. The molecule has 0 radical (unpaired) electrons. The van der Waals surface area contributed by atoms with Crippen molar-refractivity contribution in [3.63, 3.8) is 0 Å². The van der Waals surface area contributed by atoms with Crippen LogP contribution in [0.2, 0.25) is 0 Å². The van der Waals surface area contributed by atoms with Crippen LogP contribution in [0.4, 0.5) is 4.39 Å². The van der Waals surface area contributed by atoms with Gasteiger partial charge in [0.2, 0.25) is 0 Å². The van der Waals surface area contributed by atoms with E-state index in [1.165, 1.54) is 12.1 Å². The van der Waals surface area contributed by atoms with Crippen molar-refractivity contribution in [1.82, 2.24) is 5.32 Å². The van der Waals surface area contributed by atoms with Gasteiger partial charge in [0, 0.05) is 12.1 Å². The third kappa shape index (κ3) is 2.19. The van der Waals surface area contributed by atoms with Crippen molar-refractivity contribution in [3.8, 4) is 0 Å². The SMILES string of the molecule is CC1CNC(C)(c2cccc(F)c2)OC1. The number of ether oxygens (including phenoxy) is 1. The molecular weight excluding hydrogens is 193 g/mol. The van der Waals surface area contributed by atoms with Gasteiger partial charge in [0.1, 0.15) is 11.5 Å². The summed E-state index contributed by atoms with van der Waals surface area (Å²) in [5, 5.41) is 3.30. The molecule has 2 atom stereocenters. The Balaban J connectivity index is 2.22. The molecule has 1 aromatic carbocycles. The van der Waals surface area contributed by atoms with Crippen molar-refractivity contribution in [2.24, 2.45) is 5.92 Å². The Morgan fingerprint density at radius 2 is 2.33 bits per heavy atom. The van der Waals surface area contributed by atoms with Gasteiger partial charge in [-0.15, -0.1) is 0 Å². The number of rotatable bonds is 1. The maximum atomic E-state index is 13.1. The van der Waals surface area contributed by atoms with Crippen LogP contribution >= 0.6 is 0 Å². The summed E-state index contributed by atoms with van der Waals surface area (Å²) in [6.45, 7) is 5.67. The van der Waals surface area contributed by atoms with E-state index in [9.17, 15) is 4.39 Å². The second kappa shape index (κ2) is 3.91. The smallest absolute Gasteiger partial charge is 0.142 e. The quantitative estimate of drug-likeness (QED) is 0.766. The van der Waals surface area contributed by atoms with Gasteiger partial charge in [0.05, 0.1) is 6.61 Å². The van der Waals surface area contributed by atoms with Crippen molar-refractivity contribution < 1.29 is 9.13 Å². The van der Waals surface area contributed by atoms with E-state index in [4.69, 9.17) is 4.74 Å². The standard InChI is InChI=1S/C12H16FNO/c1-9-7-14-12(2,15-8-9)10-4-3-5-11(13)6-10/h3-6,9,14H,7-8H2,1-2H3. The van der Waals surface area contributed by atoms with E-state index in [0.717, 1.165) is 12.1 Å². The lowest BCUT2D eigenvalue weighted by Crippen LogP contribution is -2.49. The first-order valence-corrected chi connectivity index (χ1v) is 5.25. The second-order valence-electron chi connectivity index (χ2n) is 4.34. The molecular formula is C12H16FNO. The molecule has 1 aromatic rings. The lowest BCUT2D eigenvalue weighted by atomic mass is 10.0. The average Bonchev–Trinajstić information content (AvgIpc) is 2.23. The Morgan fingerprint density at radius 3 is 2.93 bits per heavy atom. The van der Waals surface area contributed by atoms with Gasteiger partial charge in [-0.25, -0.2) is 4.39 Å². The molecule has 0 spiro atoms. The molecule has 3 heteroatoms. The molecule has 2 nitrogen and oxygen atoms in total. The lowest BCUT2D eigenvalue weighted by molar-refractivity contribution is -0.106. The van der Waals surface area contributed by atoms with E-state index in [2.05, 4.69) is 12.2 Å². The van der Waals surface area contributed by atoms with Crippen molar-refractivity contribution >= 4 is 0 Å². The molecule has 1 aliphatic heterocycles. The van der Waals surface area contributed by atoms with Crippen LogP contribution in [0.3, 0.4) is 0 Å². The van der Waals surface area contributed by atoms with Gasteiger partial charge < -0.3 is 4.74 Å². The van der Waals surface area contributed by atoms with Crippen LogP contribution in [-0.2, 0) is 10.5 Å². The van der Waals surface area contributed by atoms with Gasteiger partial charge in [0.25, 0.3) is 0 Å². The predicted molar refractivity (Wildman–Crippen MR) is 56.9 cm³/mol. The Labute approximate surface area is 89.4 Å². The average molecular weight is 209 g/mol. The van der Waals surface area contributed by atoms with Crippen LogP contribution in [0.5, 0.6) is 0 Å². The minimum absolute atomic E-state index is 0.224. The van der Waals surface area contributed by atoms with Crippen molar-refractivity contribution in [1.29, 1.82) is 0 Å². The Morgan fingerprint density at radius 1 is 1.53 bits per heavy atom. The number of hydrogen-bond acceptors (Lipinski definition) is 2. The highest BCUT2D eigenvalue weighted by Gasteiger charge is 2.31. The lowest BCUT2D eigenvalue weighted by Gasteiger charge is -2.38. The molecule has 0 saturated carbocycles. The van der Waals surface area contributed by atoms with Crippen LogP contribution in [-0.4, -0.2) is 13.2 Å². The summed E-state index contributed by atoms with van der Waals surface area (Å²) in [5.41, 5.74) is 0.295. The van der Waals surface area contributed by atoms with Crippen molar-refractivity contribution in [2.75, 3.05) is 13.2 Å². The molecule has 2 rings (SSSR count). The molecule has 0 aliphatic carbocycles. The first-order chi connectivity index (χ1) is 7.10. The van der Waals surface area contributed by atoms with Crippen molar-refractivity contribution in [3.05, 3.63) is 35.6 Å². The third-order valence-corrected chi connectivity index (χ3v) is 2.82. The highest BCUT2D eigenvalue weighted by molar-refractivity contribution is 5.22. The minimum atomic E-state index is -0.547. The maximum Gasteiger partial charge on any atom is 0.142 e. The fourth-order valence-corrected chi connectivity index (χ4v) is 1.76. The molecule has 1 heterocycles. The summed E-state index contributed by atoms with van der Waals surface area (Å²) in [6, 6.07) is 6.55. The van der Waals surface area contributed by atoms with Crippen LogP contribution in [0, 0.1) is 11.7 Å². The minimum Gasteiger partial charge on any atom is -0.356 e. The number of hydrogen-bond donors (Lipinski definition) is 1. The summed E-state index contributed by atoms with van der Waals surface area (Å²) in [4.78, 5) is 0. The number of halogens is 1. The summed E-state index contributed by atoms with van der Waals surface area (Å²) >= 11 is 0. The van der Waals surface area contributed by atoms with Gasteiger partial charge in [0.15, 0.2) is 0 Å². The summed E-state index contributed by atoms with van der Waals surface area (Å²) in [7, 11) is 0. The highest BCUT2D eigenvalue weighted by atomic mass is 19.1. The van der Waals surface area contributed by atoms with Gasteiger partial charge in [-0.3, -0.25) is 5.32 Å². The zero-order valence-corrected chi connectivity index (χ0v) is 9.09. The van der Waals surface area contributed by atoms with Crippen molar-refractivity contribution in [2.45, 2.75) is 19.6 Å². The molecule has 82 valence electrons. The fraction of sp³-hybridized carbons (Fsp3) is 0.500. The van der Waals surface area contributed by atoms with Crippen LogP contribution in [0.1, 0.15) is 19.4 Å². The molecule has 0 aromatic heterocycles. The van der Waals surface area contributed by atoms with E-state index < -0.39 is 5.72 Å².